The Bertz CT molecular complexity index is 312. The summed E-state index contributed by atoms with van der Waals surface area (Å²) in [7, 11) is 1.71. The lowest BCUT2D eigenvalue weighted by Crippen LogP contribution is -2.31. The second-order valence-electron chi connectivity index (χ2n) is 3.45. The molecule has 0 radical (unpaired) electrons. The number of rotatable bonds is 7. The Balaban J connectivity index is 2.19. The van der Waals surface area contributed by atoms with Crippen LogP contribution in [0.3, 0.4) is 0 Å². The fourth-order valence-corrected chi connectivity index (χ4v) is 2.28. The van der Waals surface area contributed by atoms with Crippen molar-refractivity contribution in [2.75, 3.05) is 26.0 Å². The highest BCUT2D eigenvalue weighted by molar-refractivity contribution is 7.99. The fourth-order valence-electron chi connectivity index (χ4n) is 1.24. The van der Waals surface area contributed by atoms with E-state index in [-0.39, 0.29) is 0 Å². The van der Waals surface area contributed by atoms with Crippen molar-refractivity contribution in [3.63, 3.8) is 0 Å². The maximum atomic E-state index is 5.99. The summed E-state index contributed by atoms with van der Waals surface area (Å²) < 4.78 is 5.04. The van der Waals surface area contributed by atoms with Crippen LogP contribution in [-0.2, 0) is 4.74 Å². The SMILES string of the molecule is COCC(C)NCCSc1ncccc1Cl. The van der Waals surface area contributed by atoms with Crippen molar-refractivity contribution in [2.45, 2.75) is 18.0 Å². The number of nitrogens with one attached hydrogen (secondary N) is 1. The van der Waals surface area contributed by atoms with Crippen LogP contribution < -0.4 is 5.32 Å². The van der Waals surface area contributed by atoms with E-state index in [2.05, 4.69) is 17.2 Å². The zero-order chi connectivity index (χ0) is 11.8. The van der Waals surface area contributed by atoms with Gasteiger partial charge in [-0.15, -0.1) is 11.8 Å². The summed E-state index contributed by atoms with van der Waals surface area (Å²) in [5.41, 5.74) is 0. The summed E-state index contributed by atoms with van der Waals surface area (Å²) in [6.45, 7) is 3.75. The molecule has 0 aliphatic rings. The van der Waals surface area contributed by atoms with Crippen LogP contribution in [0.2, 0.25) is 5.02 Å². The number of halogens is 1. The third-order valence-corrected chi connectivity index (χ3v) is 3.40. The van der Waals surface area contributed by atoms with Gasteiger partial charge in [-0.25, -0.2) is 4.98 Å². The highest BCUT2D eigenvalue weighted by Crippen LogP contribution is 2.23. The zero-order valence-electron chi connectivity index (χ0n) is 9.57. The summed E-state index contributed by atoms with van der Waals surface area (Å²) in [5, 5.41) is 4.97. The quantitative estimate of drug-likeness (QED) is 0.603. The third kappa shape index (κ3) is 5.16. The number of methoxy groups -OCH3 is 1. The van der Waals surface area contributed by atoms with Gasteiger partial charge in [0.2, 0.25) is 0 Å². The predicted molar refractivity (Wildman–Crippen MR) is 69.3 cm³/mol. The van der Waals surface area contributed by atoms with E-state index < -0.39 is 0 Å². The van der Waals surface area contributed by atoms with Gasteiger partial charge in [0.25, 0.3) is 0 Å². The molecule has 0 aliphatic heterocycles. The van der Waals surface area contributed by atoms with Crippen molar-refractivity contribution >= 4 is 23.4 Å². The van der Waals surface area contributed by atoms with Crippen LogP contribution in [0.4, 0.5) is 0 Å². The fraction of sp³-hybridized carbons (Fsp3) is 0.545. The van der Waals surface area contributed by atoms with Crippen LogP contribution in [0.15, 0.2) is 23.4 Å². The number of aromatic nitrogens is 1. The first-order valence-electron chi connectivity index (χ1n) is 5.19. The van der Waals surface area contributed by atoms with E-state index >= 15 is 0 Å². The molecule has 5 heteroatoms. The normalized spacial score (nSPS) is 12.7. The van der Waals surface area contributed by atoms with E-state index in [1.54, 1.807) is 25.1 Å². The minimum absolute atomic E-state index is 0.379. The molecular formula is C11H17ClN2OS. The third-order valence-electron chi connectivity index (χ3n) is 1.98. The second-order valence-corrected chi connectivity index (χ2v) is 4.94. The lowest BCUT2D eigenvalue weighted by molar-refractivity contribution is 0.173. The summed E-state index contributed by atoms with van der Waals surface area (Å²) in [6, 6.07) is 4.08. The van der Waals surface area contributed by atoms with Gasteiger partial charge in [-0.1, -0.05) is 11.6 Å². The molecule has 1 aromatic heterocycles. The lowest BCUT2D eigenvalue weighted by atomic mass is 10.4. The van der Waals surface area contributed by atoms with Gasteiger partial charge in [0.1, 0.15) is 5.03 Å². The molecule has 90 valence electrons. The van der Waals surface area contributed by atoms with Gasteiger partial charge in [0.05, 0.1) is 11.6 Å². The molecule has 1 heterocycles. The average molecular weight is 261 g/mol. The largest absolute Gasteiger partial charge is 0.383 e. The van der Waals surface area contributed by atoms with E-state index in [0.29, 0.717) is 6.04 Å². The van der Waals surface area contributed by atoms with E-state index in [9.17, 15) is 0 Å². The lowest BCUT2D eigenvalue weighted by Gasteiger charge is -2.12. The van der Waals surface area contributed by atoms with Gasteiger partial charge in [0, 0.05) is 31.6 Å². The summed E-state index contributed by atoms with van der Waals surface area (Å²) in [6.07, 6.45) is 1.76. The molecule has 1 unspecified atom stereocenters. The van der Waals surface area contributed by atoms with E-state index in [1.807, 2.05) is 12.1 Å². The number of ether oxygens (including phenoxy) is 1. The zero-order valence-corrected chi connectivity index (χ0v) is 11.1. The Morgan fingerprint density at radius 1 is 1.62 bits per heavy atom. The highest BCUT2D eigenvalue weighted by Gasteiger charge is 2.02. The van der Waals surface area contributed by atoms with Gasteiger partial charge < -0.3 is 10.1 Å². The number of nitrogens with zero attached hydrogens (tertiary/aromatic N) is 1. The number of pyridine rings is 1. The standard InChI is InChI=1S/C11H17ClN2OS/c1-9(8-15-2)13-6-7-16-11-10(12)4-3-5-14-11/h3-5,9,13H,6-8H2,1-2H3. The summed E-state index contributed by atoms with van der Waals surface area (Å²) >= 11 is 7.65. The predicted octanol–water partition coefficient (Wildman–Crippen LogP) is 2.45. The molecule has 1 N–H and O–H groups in total. The maximum absolute atomic E-state index is 5.99. The van der Waals surface area contributed by atoms with Crippen LogP contribution in [0, 0.1) is 0 Å². The van der Waals surface area contributed by atoms with Gasteiger partial charge in [-0.05, 0) is 19.1 Å². The van der Waals surface area contributed by atoms with E-state index in [4.69, 9.17) is 16.3 Å². The average Bonchev–Trinajstić information content (AvgIpc) is 2.27. The molecular weight excluding hydrogens is 244 g/mol. The topological polar surface area (TPSA) is 34.1 Å². The van der Waals surface area contributed by atoms with Crippen LogP contribution in [-0.4, -0.2) is 37.0 Å². The molecule has 0 aromatic carbocycles. The summed E-state index contributed by atoms with van der Waals surface area (Å²) in [4.78, 5) is 4.21. The van der Waals surface area contributed by atoms with Crippen LogP contribution >= 0.6 is 23.4 Å². The first-order chi connectivity index (χ1) is 7.74. The number of hydrogen-bond acceptors (Lipinski definition) is 4. The number of thioether (sulfide) groups is 1. The minimum atomic E-state index is 0.379. The Morgan fingerprint density at radius 2 is 2.44 bits per heavy atom. The van der Waals surface area contributed by atoms with Crippen molar-refractivity contribution in [3.8, 4) is 0 Å². The monoisotopic (exact) mass is 260 g/mol. The molecule has 1 rings (SSSR count). The maximum Gasteiger partial charge on any atom is 0.115 e. The molecule has 16 heavy (non-hydrogen) atoms. The molecule has 0 fully saturated rings. The van der Waals surface area contributed by atoms with E-state index in [0.717, 1.165) is 29.0 Å². The van der Waals surface area contributed by atoms with Crippen molar-refractivity contribution in [1.82, 2.24) is 10.3 Å². The van der Waals surface area contributed by atoms with Crippen molar-refractivity contribution in [2.24, 2.45) is 0 Å². The second kappa shape index (κ2) is 7.90. The van der Waals surface area contributed by atoms with Gasteiger partial charge >= 0.3 is 0 Å². The molecule has 1 aromatic rings. The first kappa shape index (κ1) is 13.8. The van der Waals surface area contributed by atoms with Gasteiger partial charge in [-0.3, -0.25) is 0 Å². The molecule has 0 amide bonds. The Labute approximate surface area is 106 Å². The number of hydrogen-bond donors (Lipinski definition) is 1. The minimum Gasteiger partial charge on any atom is -0.383 e. The smallest absolute Gasteiger partial charge is 0.115 e. The molecule has 0 spiro atoms. The Morgan fingerprint density at radius 3 is 3.12 bits per heavy atom. The molecule has 0 saturated heterocycles. The molecule has 3 nitrogen and oxygen atoms in total. The molecule has 0 aliphatic carbocycles. The van der Waals surface area contributed by atoms with Crippen LogP contribution in [0.5, 0.6) is 0 Å². The van der Waals surface area contributed by atoms with Crippen molar-refractivity contribution < 1.29 is 4.74 Å². The van der Waals surface area contributed by atoms with Crippen molar-refractivity contribution in [3.05, 3.63) is 23.4 Å². The first-order valence-corrected chi connectivity index (χ1v) is 6.56. The Kier molecular flexibility index (Phi) is 6.80. The van der Waals surface area contributed by atoms with Gasteiger partial charge in [-0.2, -0.15) is 0 Å². The van der Waals surface area contributed by atoms with Crippen LogP contribution in [0.25, 0.3) is 0 Å². The summed E-state index contributed by atoms with van der Waals surface area (Å²) in [5.74, 6) is 0.949. The molecule has 0 bridgehead atoms. The molecule has 1 atom stereocenters. The van der Waals surface area contributed by atoms with Crippen molar-refractivity contribution in [1.29, 1.82) is 0 Å². The Hall–Kier alpha value is -0.290. The van der Waals surface area contributed by atoms with Crippen LogP contribution in [0.1, 0.15) is 6.92 Å². The van der Waals surface area contributed by atoms with Gasteiger partial charge in [0.15, 0.2) is 0 Å². The highest BCUT2D eigenvalue weighted by atomic mass is 35.5. The van der Waals surface area contributed by atoms with E-state index in [1.165, 1.54) is 0 Å². The molecule has 0 saturated carbocycles.